The first-order valence-electron chi connectivity index (χ1n) is 5.00. The fourth-order valence-corrected chi connectivity index (χ4v) is 1.25. The Kier molecular flexibility index (Phi) is 8.25. The van der Waals surface area contributed by atoms with Crippen molar-refractivity contribution in [3.8, 4) is 11.3 Å². The zero-order chi connectivity index (χ0) is 12.7. The number of hydrogen-bond acceptors (Lipinski definition) is 1. The van der Waals surface area contributed by atoms with Gasteiger partial charge in [0.25, 0.3) is 0 Å². The summed E-state index contributed by atoms with van der Waals surface area (Å²) in [6.07, 6.45) is 1.89. The van der Waals surface area contributed by atoms with Crippen LogP contribution in [0.3, 0.4) is 0 Å². The third-order valence-corrected chi connectivity index (χ3v) is 1.98. The Morgan fingerprint density at radius 3 is 1.94 bits per heavy atom. The Bertz CT molecular complexity index is 429. The molecule has 1 aromatic carbocycles. The summed E-state index contributed by atoms with van der Waals surface area (Å²) in [6, 6.07) is 14.3. The van der Waals surface area contributed by atoms with Gasteiger partial charge < -0.3 is 0 Å². The van der Waals surface area contributed by atoms with Gasteiger partial charge in [0, 0.05) is 31.9 Å². The largest absolute Gasteiger partial charge is 0.379 e. The molecule has 0 spiro atoms. The molecule has 18 heavy (non-hydrogen) atoms. The molecule has 0 saturated carbocycles. The summed E-state index contributed by atoms with van der Waals surface area (Å²) in [4.78, 5) is 4.35. The van der Waals surface area contributed by atoms with E-state index in [2.05, 4.69) is 23.2 Å². The SMILES string of the molecule is Cc1ccc(-c2ccccc2)nc1.FC(F)F.[Ir]. The molecule has 0 aliphatic rings. The average Bonchev–Trinajstić information content (AvgIpc) is 2.30. The van der Waals surface area contributed by atoms with E-state index in [9.17, 15) is 13.2 Å². The molecule has 1 heterocycles. The van der Waals surface area contributed by atoms with Gasteiger partial charge in [0.15, 0.2) is 0 Å². The van der Waals surface area contributed by atoms with Crippen LogP contribution in [0.2, 0.25) is 0 Å². The first-order valence-corrected chi connectivity index (χ1v) is 5.00. The minimum atomic E-state index is -3.67. The molecule has 0 aliphatic heterocycles. The van der Waals surface area contributed by atoms with Crippen molar-refractivity contribution in [1.29, 1.82) is 0 Å². The van der Waals surface area contributed by atoms with Crippen molar-refractivity contribution >= 4 is 0 Å². The topological polar surface area (TPSA) is 12.9 Å². The molecule has 1 radical (unpaired) electrons. The maximum atomic E-state index is 9.67. The van der Waals surface area contributed by atoms with E-state index in [1.165, 1.54) is 11.1 Å². The summed E-state index contributed by atoms with van der Waals surface area (Å²) in [5.41, 5.74) is 3.40. The Labute approximate surface area is 117 Å². The molecular formula is C13H12F3IrN. The number of alkyl halides is 3. The van der Waals surface area contributed by atoms with Crippen LogP contribution in [0.25, 0.3) is 11.3 Å². The van der Waals surface area contributed by atoms with E-state index in [1.807, 2.05) is 37.4 Å². The number of hydrogen-bond donors (Lipinski definition) is 0. The molecule has 0 N–H and O–H groups in total. The van der Waals surface area contributed by atoms with Gasteiger partial charge in [-0.1, -0.05) is 36.4 Å². The van der Waals surface area contributed by atoms with E-state index in [0.29, 0.717) is 0 Å². The van der Waals surface area contributed by atoms with Crippen LogP contribution in [-0.2, 0) is 20.1 Å². The normalized spacial score (nSPS) is 9.17. The van der Waals surface area contributed by atoms with Crippen molar-refractivity contribution in [2.75, 3.05) is 0 Å². The summed E-state index contributed by atoms with van der Waals surface area (Å²) in [5.74, 6) is 0. The van der Waals surface area contributed by atoms with Crippen molar-refractivity contribution in [2.45, 2.75) is 13.6 Å². The monoisotopic (exact) mass is 432 g/mol. The summed E-state index contributed by atoms with van der Waals surface area (Å²) >= 11 is 0. The third-order valence-electron chi connectivity index (χ3n) is 1.98. The molecule has 0 bridgehead atoms. The molecule has 0 unspecified atom stereocenters. The number of rotatable bonds is 1. The molecule has 1 nitrogen and oxygen atoms in total. The number of aromatic nitrogens is 1. The number of halogens is 3. The van der Waals surface area contributed by atoms with Crippen LogP contribution in [0.5, 0.6) is 0 Å². The maximum absolute atomic E-state index is 9.67. The van der Waals surface area contributed by atoms with Gasteiger partial charge in [-0.3, -0.25) is 4.98 Å². The van der Waals surface area contributed by atoms with Crippen LogP contribution in [0.1, 0.15) is 5.56 Å². The van der Waals surface area contributed by atoms with Crippen LogP contribution in [-0.4, -0.2) is 11.7 Å². The van der Waals surface area contributed by atoms with Gasteiger partial charge in [-0.05, 0) is 18.6 Å². The number of aryl methyl sites for hydroxylation is 1. The van der Waals surface area contributed by atoms with Gasteiger partial charge in [0.1, 0.15) is 0 Å². The average molecular weight is 431 g/mol. The van der Waals surface area contributed by atoms with Gasteiger partial charge >= 0.3 is 6.68 Å². The second kappa shape index (κ2) is 8.84. The minimum absolute atomic E-state index is 0. The molecular weight excluding hydrogens is 419 g/mol. The van der Waals surface area contributed by atoms with E-state index in [0.717, 1.165) is 5.69 Å². The predicted octanol–water partition coefficient (Wildman–Crippen LogP) is 4.23. The molecule has 2 aromatic rings. The second-order valence-electron chi connectivity index (χ2n) is 3.33. The Morgan fingerprint density at radius 2 is 1.50 bits per heavy atom. The summed E-state index contributed by atoms with van der Waals surface area (Å²) < 4.78 is 29.0. The molecule has 2 rings (SSSR count). The second-order valence-corrected chi connectivity index (χ2v) is 3.33. The van der Waals surface area contributed by atoms with Gasteiger partial charge in [0.2, 0.25) is 0 Å². The van der Waals surface area contributed by atoms with E-state index >= 15 is 0 Å². The van der Waals surface area contributed by atoms with Crippen LogP contribution < -0.4 is 0 Å². The molecule has 99 valence electrons. The quantitative estimate of drug-likeness (QED) is 0.659. The number of nitrogens with zero attached hydrogens (tertiary/aromatic N) is 1. The smallest absolute Gasteiger partial charge is 0.256 e. The number of benzene rings is 1. The molecule has 1 aromatic heterocycles. The zero-order valence-corrected chi connectivity index (χ0v) is 12.0. The van der Waals surface area contributed by atoms with Crippen molar-refractivity contribution in [1.82, 2.24) is 4.98 Å². The zero-order valence-electron chi connectivity index (χ0n) is 9.61. The molecule has 0 atom stereocenters. The van der Waals surface area contributed by atoms with E-state index in [1.54, 1.807) is 0 Å². The predicted molar refractivity (Wildman–Crippen MR) is 61.5 cm³/mol. The fourth-order valence-electron chi connectivity index (χ4n) is 1.25. The summed E-state index contributed by atoms with van der Waals surface area (Å²) in [6.45, 7) is -1.62. The van der Waals surface area contributed by atoms with E-state index in [-0.39, 0.29) is 20.1 Å². The minimum Gasteiger partial charge on any atom is -0.256 e. The maximum Gasteiger partial charge on any atom is 0.379 e. The molecule has 5 heteroatoms. The molecule has 0 aliphatic carbocycles. The van der Waals surface area contributed by atoms with Crippen LogP contribution >= 0.6 is 0 Å². The summed E-state index contributed by atoms with van der Waals surface area (Å²) in [7, 11) is 0. The molecule has 0 amide bonds. The Morgan fingerprint density at radius 1 is 0.944 bits per heavy atom. The van der Waals surface area contributed by atoms with Gasteiger partial charge in [0.05, 0.1) is 5.69 Å². The Balaban J connectivity index is 0.000000512. The van der Waals surface area contributed by atoms with Gasteiger partial charge in [-0.2, -0.15) is 13.2 Å². The van der Waals surface area contributed by atoms with Crippen molar-refractivity contribution in [2.24, 2.45) is 0 Å². The fraction of sp³-hybridized carbons (Fsp3) is 0.154. The van der Waals surface area contributed by atoms with Crippen LogP contribution in [0.15, 0.2) is 48.7 Å². The summed E-state index contributed by atoms with van der Waals surface area (Å²) in [5, 5.41) is 0. The van der Waals surface area contributed by atoms with Crippen molar-refractivity contribution in [3.63, 3.8) is 0 Å². The van der Waals surface area contributed by atoms with Gasteiger partial charge in [-0.25, -0.2) is 0 Å². The first-order chi connectivity index (χ1) is 8.09. The van der Waals surface area contributed by atoms with Crippen molar-refractivity contribution in [3.05, 3.63) is 54.2 Å². The van der Waals surface area contributed by atoms with Crippen LogP contribution in [0.4, 0.5) is 13.2 Å². The number of pyridine rings is 1. The van der Waals surface area contributed by atoms with Crippen LogP contribution in [0, 0.1) is 6.92 Å². The standard InChI is InChI=1S/C12H11N.CHF3.Ir/c1-10-7-8-12(13-9-10)11-5-3-2-4-6-11;2-1(3)4;/h2-9H,1H3;1H;. The first kappa shape index (κ1) is 16.8. The Hall–Kier alpha value is -1.19. The van der Waals surface area contributed by atoms with Gasteiger partial charge in [-0.15, -0.1) is 0 Å². The molecule has 0 saturated heterocycles. The molecule has 0 fully saturated rings. The third kappa shape index (κ3) is 6.52. The van der Waals surface area contributed by atoms with E-state index in [4.69, 9.17) is 0 Å². The van der Waals surface area contributed by atoms with Crippen molar-refractivity contribution < 1.29 is 33.3 Å². The van der Waals surface area contributed by atoms with E-state index < -0.39 is 6.68 Å².